The molecule has 0 atom stereocenters. The molecule has 1 amide bonds. The summed E-state index contributed by atoms with van der Waals surface area (Å²) in [4.78, 5) is 13.8. The Morgan fingerprint density at radius 1 is 1.30 bits per heavy atom. The van der Waals surface area contributed by atoms with Gasteiger partial charge in [-0.15, -0.1) is 0 Å². The Hall–Kier alpha value is -1.49. The molecule has 0 saturated carbocycles. The Kier molecular flexibility index (Phi) is 5.40. The van der Waals surface area contributed by atoms with E-state index in [0.29, 0.717) is 13.1 Å². The number of likely N-dealkylation sites (tertiary alicyclic amines) is 1. The molecule has 1 aliphatic rings. The molecule has 1 fully saturated rings. The van der Waals surface area contributed by atoms with Crippen molar-refractivity contribution in [3.05, 3.63) is 28.5 Å². The summed E-state index contributed by atoms with van der Waals surface area (Å²) in [5.41, 5.74) is 0.447. The highest BCUT2D eigenvalue weighted by molar-refractivity contribution is 6.31. The lowest BCUT2D eigenvalue weighted by Crippen LogP contribution is -2.41. The van der Waals surface area contributed by atoms with Gasteiger partial charge in [-0.2, -0.15) is 0 Å². The number of ether oxygens (including phenoxy) is 2. The molecule has 1 heterocycles. The highest BCUT2D eigenvalue weighted by Crippen LogP contribution is 2.35. The number of piperidine rings is 1. The molecule has 1 aromatic rings. The van der Waals surface area contributed by atoms with Crippen LogP contribution < -0.4 is 4.74 Å². The first-order valence-corrected chi connectivity index (χ1v) is 8.10. The van der Waals surface area contributed by atoms with Crippen molar-refractivity contribution in [3.8, 4) is 5.75 Å². The first-order valence-electron chi connectivity index (χ1n) is 7.72. The van der Waals surface area contributed by atoms with E-state index in [-0.39, 0.29) is 22.8 Å². The van der Waals surface area contributed by atoms with Crippen LogP contribution >= 0.6 is 11.6 Å². The van der Waals surface area contributed by atoms with Crippen LogP contribution in [0.1, 0.15) is 45.1 Å². The Morgan fingerprint density at radius 2 is 1.91 bits per heavy atom. The van der Waals surface area contributed by atoms with E-state index >= 15 is 0 Å². The summed E-state index contributed by atoms with van der Waals surface area (Å²) >= 11 is 5.93. The number of hydrogen-bond acceptors (Lipinski definition) is 3. The van der Waals surface area contributed by atoms with E-state index in [1.165, 1.54) is 7.11 Å². The summed E-state index contributed by atoms with van der Waals surface area (Å²) in [6, 6.07) is 3.34. The van der Waals surface area contributed by atoms with Gasteiger partial charge in [0, 0.05) is 13.1 Å². The second kappa shape index (κ2) is 6.95. The van der Waals surface area contributed by atoms with Crippen LogP contribution in [-0.2, 0) is 4.74 Å². The fraction of sp³-hybridized carbons (Fsp3) is 0.588. The minimum absolute atomic E-state index is 0.0638. The van der Waals surface area contributed by atoms with Gasteiger partial charge in [0.2, 0.25) is 0 Å². The molecule has 0 N–H and O–H groups in total. The van der Waals surface area contributed by atoms with Gasteiger partial charge in [-0.05, 0) is 57.2 Å². The maximum atomic E-state index is 13.7. The van der Waals surface area contributed by atoms with Crippen molar-refractivity contribution in [2.24, 2.45) is 0 Å². The van der Waals surface area contributed by atoms with Crippen molar-refractivity contribution < 1.29 is 18.7 Å². The van der Waals surface area contributed by atoms with Crippen LogP contribution in [0.2, 0.25) is 5.02 Å². The predicted molar refractivity (Wildman–Crippen MR) is 87.7 cm³/mol. The summed E-state index contributed by atoms with van der Waals surface area (Å²) in [7, 11) is 1.42. The molecule has 128 valence electrons. The van der Waals surface area contributed by atoms with Gasteiger partial charge in [-0.3, -0.25) is 0 Å². The lowest BCUT2D eigenvalue weighted by atomic mass is 9.89. The van der Waals surface area contributed by atoms with Gasteiger partial charge >= 0.3 is 6.09 Å². The average molecular weight is 344 g/mol. The minimum Gasteiger partial charge on any atom is -0.494 e. The first-order chi connectivity index (χ1) is 10.7. The molecule has 23 heavy (non-hydrogen) atoms. The summed E-state index contributed by atoms with van der Waals surface area (Å²) in [6.45, 7) is 6.77. The lowest BCUT2D eigenvalue weighted by Gasteiger charge is -2.33. The third kappa shape index (κ3) is 4.50. The van der Waals surface area contributed by atoms with E-state index in [0.717, 1.165) is 18.4 Å². The molecule has 4 nitrogen and oxygen atoms in total. The molecule has 2 rings (SSSR count). The average Bonchev–Trinajstić information content (AvgIpc) is 2.48. The quantitative estimate of drug-likeness (QED) is 0.787. The third-order valence-corrected chi connectivity index (χ3v) is 4.13. The van der Waals surface area contributed by atoms with E-state index in [2.05, 4.69) is 0 Å². The van der Waals surface area contributed by atoms with Crippen molar-refractivity contribution in [2.45, 2.75) is 45.1 Å². The molecule has 1 saturated heterocycles. The number of rotatable bonds is 2. The van der Waals surface area contributed by atoms with Crippen LogP contribution in [0.3, 0.4) is 0 Å². The first kappa shape index (κ1) is 17.9. The van der Waals surface area contributed by atoms with Crippen LogP contribution in [-0.4, -0.2) is 36.8 Å². The number of nitrogens with zero attached hydrogens (tertiary/aromatic N) is 1. The van der Waals surface area contributed by atoms with Gasteiger partial charge in [0.1, 0.15) is 5.60 Å². The number of amides is 1. The molecule has 0 spiro atoms. The van der Waals surface area contributed by atoms with E-state index in [1.807, 2.05) is 20.8 Å². The Balaban J connectivity index is 2.02. The number of carbonyl (C=O) groups excluding carboxylic acids is 1. The highest BCUT2D eigenvalue weighted by Gasteiger charge is 2.28. The van der Waals surface area contributed by atoms with Gasteiger partial charge in [-0.1, -0.05) is 11.6 Å². The second-order valence-corrected chi connectivity index (χ2v) is 7.17. The van der Waals surface area contributed by atoms with Gasteiger partial charge in [0.25, 0.3) is 0 Å². The SMILES string of the molecule is COc1cc(C2CCN(C(=O)OC(C)(C)C)CC2)cc(Cl)c1F. The third-order valence-electron chi connectivity index (χ3n) is 3.86. The molecule has 0 bridgehead atoms. The number of halogens is 2. The standard InChI is InChI=1S/C17H23ClFNO3/c1-17(2,3)23-16(21)20-7-5-11(6-8-20)12-9-13(18)15(19)14(10-12)22-4/h9-11H,5-8H2,1-4H3. The van der Waals surface area contributed by atoms with Gasteiger partial charge in [0.15, 0.2) is 11.6 Å². The molecular formula is C17H23ClFNO3. The summed E-state index contributed by atoms with van der Waals surface area (Å²) in [6.07, 6.45) is 1.28. The highest BCUT2D eigenvalue weighted by atomic mass is 35.5. The minimum atomic E-state index is -0.538. The van der Waals surface area contributed by atoms with E-state index in [1.54, 1.807) is 17.0 Å². The fourth-order valence-corrected chi connectivity index (χ4v) is 2.91. The predicted octanol–water partition coefficient (Wildman–Crippen LogP) is 4.60. The molecule has 0 unspecified atom stereocenters. The van der Waals surface area contributed by atoms with Crippen LogP contribution in [0.25, 0.3) is 0 Å². The van der Waals surface area contributed by atoms with Crippen LogP contribution in [0.4, 0.5) is 9.18 Å². The van der Waals surface area contributed by atoms with Gasteiger partial charge < -0.3 is 14.4 Å². The monoisotopic (exact) mass is 343 g/mol. The zero-order chi connectivity index (χ0) is 17.2. The van der Waals surface area contributed by atoms with Crippen molar-refractivity contribution in [1.29, 1.82) is 0 Å². The fourth-order valence-electron chi connectivity index (χ4n) is 2.69. The van der Waals surface area contributed by atoms with Crippen molar-refractivity contribution >= 4 is 17.7 Å². The summed E-state index contributed by atoms with van der Waals surface area (Å²) in [5, 5.41) is 0.0638. The Morgan fingerprint density at radius 3 is 2.43 bits per heavy atom. The number of benzene rings is 1. The Labute approximate surface area is 141 Å². The number of carbonyl (C=O) groups is 1. The number of methoxy groups -OCH3 is 1. The van der Waals surface area contributed by atoms with Crippen LogP contribution in [0, 0.1) is 5.82 Å². The number of hydrogen-bond donors (Lipinski definition) is 0. The summed E-state index contributed by atoms with van der Waals surface area (Å²) in [5.74, 6) is -0.160. The maximum absolute atomic E-state index is 13.7. The van der Waals surface area contributed by atoms with Gasteiger partial charge in [0.05, 0.1) is 12.1 Å². The maximum Gasteiger partial charge on any atom is 0.410 e. The molecule has 1 aliphatic heterocycles. The molecule has 1 aromatic carbocycles. The zero-order valence-electron chi connectivity index (χ0n) is 14.0. The zero-order valence-corrected chi connectivity index (χ0v) is 14.7. The summed E-state index contributed by atoms with van der Waals surface area (Å²) < 4.78 is 24.2. The smallest absolute Gasteiger partial charge is 0.410 e. The van der Waals surface area contributed by atoms with E-state index in [9.17, 15) is 9.18 Å². The van der Waals surface area contributed by atoms with Crippen molar-refractivity contribution in [1.82, 2.24) is 4.90 Å². The van der Waals surface area contributed by atoms with Crippen LogP contribution in [0.15, 0.2) is 12.1 Å². The molecular weight excluding hydrogens is 321 g/mol. The molecule has 0 aromatic heterocycles. The molecule has 6 heteroatoms. The molecule has 0 aliphatic carbocycles. The Bertz CT molecular complexity index is 578. The van der Waals surface area contributed by atoms with Crippen molar-refractivity contribution in [2.75, 3.05) is 20.2 Å². The largest absolute Gasteiger partial charge is 0.494 e. The van der Waals surface area contributed by atoms with E-state index < -0.39 is 11.4 Å². The van der Waals surface area contributed by atoms with Crippen LogP contribution in [0.5, 0.6) is 5.75 Å². The van der Waals surface area contributed by atoms with E-state index in [4.69, 9.17) is 21.1 Å². The normalized spacial score (nSPS) is 16.3. The van der Waals surface area contributed by atoms with Crippen molar-refractivity contribution in [3.63, 3.8) is 0 Å². The molecule has 0 radical (unpaired) electrons. The lowest BCUT2D eigenvalue weighted by molar-refractivity contribution is 0.0205. The second-order valence-electron chi connectivity index (χ2n) is 6.76. The van der Waals surface area contributed by atoms with Gasteiger partial charge in [-0.25, -0.2) is 9.18 Å². The topological polar surface area (TPSA) is 38.8 Å².